The summed E-state index contributed by atoms with van der Waals surface area (Å²) in [4.78, 5) is 31.0. The Bertz CT molecular complexity index is 1430. The van der Waals surface area contributed by atoms with Gasteiger partial charge in [-0.3, -0.25) is 4.98 Å². The van der Waals surface area contributed by atoms with E-state index in [1.165, 1.54) is 0 Å². The first kappa shape index (κ1) is 25.0. The summed E-state index contributed by atoms with van der Waals surface area (Å²) >= 11 is 6.33. The Morgan fingerprint density at radius 2 is 1.84 bits per heavy atom. The summed E-state index contributed by atoms with van der Waals surface area (Å²) in [5.41, 5.74) is 2.89. The molecule has 8 nitrogen and oxygen atoms in total. The lowest BCUT2D eigenvalue weighted by atomic mass is 10.1. The molecule has 9 heteroatoms. The Hall–Kier alpha value is -3.65. The molecule has 0 radical (unpaired) electrons. The Kier molecular flexibility index (Phi) is 6.54. The molecule has 4 aromatic rings. The van der Waals surface area contributed by atoms with Crippen LogP contribution in [0, 0.1) is 0 Å². The number of nitrogens with zero attached hydrogens (tertiary/aromatic N) is 6. The molecule has 0 N–H and O–H groups in total. The molecular formula is C28H31ClN6O2. The van der Waals surface area contributed by atoms with Crippen molar-refractivity contribution in [1.29, 1.82) is 0 Å². The summed E-state index contributed by atoms with van der Waals surface area (Å²) in [7, 11) is 0. The number of anilines is 1. The second kappa shape index (κ2) is 9.67. The SMILES string of the molecule is C[C@@H]1CN(c2ncnc3c2c(-c2ccccn2)cn3-c2cccc(Cl)c2)[C@@H](C)CN1C(=O)OC(C)(C)C. The molecule has 192 valence electrons. The molecule has 2 atom stereocenters. The second-order valence-corrected chi connectivity index (χ2v) is 10.9. The minimum atomic E-state index is -0.545. The number of ether oxygens (including phenoxy) is 1. The van der Waals surface area contributed by atoms with Gasteiger partial charge >= 0.3 is 6.09 Å². The van der Waals surface area contributed by atoms with Gasteiger partial charge in [0.1, 0.15) is 17.7 Å². The highest BCUT2D eigenvalue weighted by Crippen LogP contribution is 2.38. The number of hydrogen-bond donors (Lipinski definition) is 0. The summed E-state index contributed by atoms with van der Waals surface area (Å²) in [6.07, 6.45) is 5.13. The quantitative estimate of drug-likeness (QED) is 0.332. The Morgan fingerprint density at radius 1 is 1.03 bits per heavy atom. The van der Waals surface area contributed by atoms with E-state index in [0.717, 1.165) is 33.8 Å². The number of carbonyl (C=O) groups excluding carboxylic acids is 1. The number of aromatic nitrogens is 4. The van der Waals surface area contributed by atoms with Crippen LogP contribution in [0.15, 0.2) is 61.2 Å². The van der Waals surface area contributed by atoms with Crippen LogP contribution in [0.3, 0.4) is 0 Å². The van der Waals surface area contributed by atoms with Gasteiger partial charge in [0.2, 0.25) is 0 Å². The number of halogens is 1. The zero-order valence-corrected chi connectivity index (χ0v) is 22.5. The van der Waals surface area contributed by atoms with E-state index in [4.69, 9.17) is 21.3 Å². The molecule has 0 aliphatic carbocycles. The van der Waals surface area contributed by atoms with Crippen LogP contribution in [0.1, 0.15) is 34.6 Å². The molecular weight excluding hydrogens is 488 g/mol. The van der Waals surface area contributed by atoms with E-state index in [2.05, 4.69) is 21.8 Å². The largest absolute Gasteiger partial charge is 0.444 e. The predicted molar refractivity (Wildman–Crippen MR) is 146 cm³/mol. The lowest BCUT2D eigenvalue weighted by molar-refractivity contribution is 0.0130. The third kappa shape index (κ3) is 4.98. The van der Waals surface area contributed by atoms with Crippen LogP contribution >= 0.6 is 11.6 Å². The highest BCUT2D eigenvalue weighted by Gasteiger charge is 2.36. The van der Waals surface area contributed by atoms with Gasteiger partial charge in [-0.25, -0.2) is 14.8 Å². The minimum absolute atomic E-state index is 0.00733. The van der Waals surface area contributed by atoms with Crippen LogP contribution in [-0.4, -0.2) is 61.3 Å². The second-order valence-electron chi connectivity index (χ2n) is 10.5. The summed E-state index contributed by atoms with van der Waals surface area (Å²) in [6, 6.07) is 13.5. The Labute approximate surface area is 221 Å². The Morgan fingerprint density at radius 3 is 2.54 bits per heavy atom. The van der Waals surface area contributed by atoms with Gasteiger partial charge in [0.25, 0.3) is 0 Å². The van der Waals surface area contributed by atoms with Crippen LogP contribution in [0.2, 0.25) is 5.02 Å². The molecule has 1 aromatic carbocycles. The Balaban J connectivity index is 1.60. The first-order valence-electron chi connectivity index (χ1n) is 12.4. The van der Waals surface area contributed by atoms with E-state index in [0.29, 0.717) is 18.1 Å². The maximum atomic E-state index is 12.9. The van der Waals surface area contributed by atoms with Gasteiger partial charge in [0.15, 0.2) is 5.65 Å². The van der Waals surface area contributed by atoms with E-state index >= 15 is 0 Å². The fourth-order valence-corrected chi connectivity index (χ4v) is 4.98. The van der Waals surface area contributed by atoms with Gasteiger partial charge in [-0.2, -0.15) is 0 Å². The van der Waals surface area contributed by atoms with E-state index in [1.54, 1.807) is 12.5 Å². The average molecular weight is 519 g/mol. The van der Waals surface area contributed by atoms with Crippen molar-refractivity contribution >= 4 is 34.5 Å². The van der Waals surface area contributed by atoms with Gasteiger partial charge in [-0.05, 0) is 65.0 Å². The minimum Gasteiger partial charge on any atom is -0.444 e. The van der Waals surface area contributed by atoms with E-state index in [-0.39, 0.29) is 18.2 Å². The smallest absolute Gasteiger partial charge is 0.410 e. The maximum Gasteiger partial charge on any atom is 0.410 e. The third-order valence-electron chi connectivity index (χ3n) is 6.48. The monoisotopic (exact) mass is 518 g/mol. The van der Waals surface area contributed by atoms with Crippen molar-refractivity contribution < 1.29 is 9.53 Å². The normalized spacial score (nSPS) is 18.3. The number of pyridine rings is 1. The number of fused-ring (bicyclic) bond motifs is 1. The molecule has 0 bridgehead atoms. The van der Waals surface area contributed by atoms with Crippen molar-refractivity contribution in [3.63, 3.8) is 0 Å². The summed E-state index contributed by atoms with van der Waals surface area (Å²) in [5.74, 6) is 0.814. The molecule has 3 aromatic heterocycles. The highest BCUT2D eigenvalue weighted by molar-refractivity contribution is 6.30. The molecule has 1 fully saturated rings. The van der Waals surface area contributed by atoms with E-state index < -0.39 is 5.60 Å². The van der Waals surface area contributed by atoms with Crippen molar-refractivity contribution in [2.24, 2.45) is 0 Å². The van der Waals surface area contributed by atoms with Crippen molar-refractivity contribution in [3.8, 4) is 16.9 Å². The molecule has 1 aliphatic heterocycles. The topological polar surface area (TPSA) is 76.4 Å². The number of benzene rings is 1. The van der Waals surface area contributed by atoms with Gasteiger partial charge in [-0.15, -0.1) is 0 Å². The van der Waals surface area contributed by atoms with E-state index in [1.807, 2.05) is 85.8 Å². The molecule has 1 amide bonds. The van der Waals surface area contributed by atoms with Gasteiger partial charge in [0.05, 0.1) is 11.1 Å². The summed E-state index contributed by atoms with van der Waals surface area (Å²) in [5, 5.41) is 1.56. The first-order chi connectivity index (χ1) is 17.6. The molecule has 0 spiro atoms. The lowest BCUT2D eigenvalue weighted by Crippen LogP contribution is -2.59. The number of carbonyl (C=O) groups is 1. The molecule has 0 unspecified atom stereocenters. The standard InChI is InChI=1S/C28H31ClN6O2/c1-18-15-34(27(36)37-28(3,4)5)19(2)14-33(18)25-24-22(23-11-6-7-12-30-23)16-35(26(24)32-17-31-25)21-10-8-9-20(29)13-21/h6-13,16-19H,14-15H2,1-5H3/t18-,19+/m0/s1. The van der Waals surface area contributed by atoms with Gasteiger partial charge < -0.3 is 19.1 Å². The number of amides is 1. The maximum absolute atomic E-state index is 12.9. The van der Waals surface area contributed by atoms with Crippen LogP contribution in [-0.2, 0) is 4.74 Å². The number of rotatable bonds is 3. The van der Waals surface area contributed by atoms with Crippen LogP contribution in [0.25, 0.3) is 28.0 Å². The fourth-order valence-electron chi connectivity index (χ4n) is 4.80. The van der Waals surface area contributed by atoms with Crippen molar-refractivity contribution in [2.45, 2.75) is 52.3 Å². The molecule has 1 saturated heterocycles. The van der Waals surface area contributed by atoms with Crippen molar-refractivity contribution in [3.05, 3.63) is 66.2 Å². The molecule has 4 heterocycles. The fraction of sp³-hybridized carbons (Fsp3) is 0.357. The number of piperazine rings is 1. The highest BCUT2D eigenvalue weighted by atomic mass is 35.5. The zero-order valence-electron chi connectivity index (χ0n) is 21.7. The zero-order chi connectivity index (χ0) is 26.3. The summed E-state index contributed by atoms with van der Waals surface area (Å²) in [6.45, 7) is 10.9. The molecule has 1 aliphatic rings. The summed E-state index contributed by atoms with van der Waals surface area (Å²) < 4.78 is 7.70. The van der Waals surface area contributed by atoms with Crippen LogP contribution in [0.4, 0.5) is 10.6 Å². The van der Waals surface area contributed by atoms with Crippen molar-refractivity contribution in [2.75, 3.05) is 18.0 Å². The molecule has 37 heavy (non-hydrogen) atoms. The van der Waals surface area contributed by atoms with E-state index in [9.17, 15) is 4.79 Å². The predicted octanol–water partition coefficient (Wildman–Crippen LogP) is 5.97. The number of hydrogen-bond acceptors (Lipinski definition) is 6. The third-order valence-corrected chi connectivity index (χ3v) is 6.71. The molecule has 5 rings (SSSR count). The first-order valence-corrected chi connectivity index (χ1v) is 12.8. The van der Waals surface area contributed by atoms with Crippen LogP contribution < -0.4 is 4.90 Å². The lowest BCUT2D eigenvalue weighted by Gasteiger charge is -2.44. The average Bonchev–Trinajstić information content (AvgIpc) is 3.25. The van der Waals surface area contributed by atoms with Crippen LogP contribution in [0.5, 0.6) is 0 Å². The van der Waals surface area contributed by atoms with Gasteiger partial charge in [0, 0.05) is 53.8 Å². The van der Waals surface area contributed by atoms with Crippen molar-refractivity contribution in [1.82, 2.24) is 24.4 Å². The molecule has 0 saturated carbocycles. The van der Waals surface area contributed by atoms with Gasteiger partial charge in [-0.1, -0.05) is 23.7 Å².